The number of methoxy groups -OCH3 is 1. The first-order valence-corrected chi connectivity index (χ1v) is 6.95. The number of nitrogens with one attached hydrogen (secondary N) is 1. The van der Waals surface area contributed by atoms with E-state index in [2.05, 4.69) is 35.4 Å². The first-order chi connectivity index (χ1) is 9.71. The first-order valence-electron chi connectivity index (χ1n) is 6.95. The Kier molecular flexibility index (Phi) is 4.74. The van der Waals surface area contributed by atoms with E-state index in [0.29, 0.717) is 0 Å². The van der Waals surface area contributed by atoms with Crippen LogP contribution < -0.4 is 10.1 Å². The summed E-state index contributed by atoms with van der Waals surface area (Å²) in [4.78, 5) is 4.50. The number of nitrogens with zero attached hydrogens (tertiary/aromatic N) is 3. The number of aromatic nitrogens is 3. The van der Waals surface area contributed by atoms with Gasteiger partial charge in [-0.2, -0.15) is 5.10 Å². The van der Waals surface area contributed by atoms with E-state index >= 15 is 0 Å². The molecule has 0 saturated carbocycles. The minimum Gasteiger partial charge on any atom is -0.495 e. The lowest BCUT2D eigenvalue weighted by Gasteiger charge is -2.19. The average Bonchev–Trinajstić information content (AvgIpc) is 2.85. The summed E-state index contributed by atoms with van der Waals surface area (Å²) in [5, 5.41) is 8.00. The zero-order chi connectivity index (χ0) is 14.5. The van der Waals surface area contributed by atoms with Crippen molar-refractivity contribution < 1.29 is 4.74 Å². The Hall–Kier alpha value is -1.88. The van der Waals surface area contributed by atoms with Crippen molar-refractivity contribution in [2.24, 2.45) is 7.05 Å². The second-order valence-electron chi connectivity index (χ2n) is 4.64. The van der Waals surface area contributed by atoms with Gasteiger partial charge in [0.05, 0.1) is 18.8 Å². The summed E-state index contributed by atoms with van der Waals surface area (Å²) < 4.78 is 7.30. The molecule has 0 aromatic carbocycles. The zero-order valence-corrected chi connectivity index (χ0v) is 12.6. The molecule has 2 aromatic rings. The Balaban J connectivity index is 2.50. The van der Waals surface area contributed by atoms with Gasteiger partial charge in [0, 0.05) is 25.0 Å². The molecule has 20 heavy (non-hydrogen) atoms. The minimum absolute atomic E-state index is 0.000185. The highest BCUT2D eigenvalue weighted by molar-refractivity contribution is 5.37. The van der Waals surface area contributed by atoms with Gasteiger partial charge in [-0.15, -0.1) is 0 Å². The second-order valence-corrected chi connectivity index (χ2v) is 4.64. The van der Waals surface area contributed by atoms with Gasteiger partial charge >= 0.3 is 0 Å². The van der Waals surface area contributed by atoms with Crippen LogP contribution in [0.5, 0.6) is 5.75 Å². The van der Waals surface area contributed by atoms with Crippen LogP contribution in [0.2, 0.25) is 0 Å². The second kappa shape index (κ2) is 6.52. The Labute approximate surface area is 120 Å². The van der Waals surface area contributed by atoms with Crippen LogP contribution in [0.4, 0.5) is 0 Å². The third-order valence-electron chi connectivity index (χ3n) is 3.28. The Bertz CT molecular complexity index is 565. The fraction of sp³-hybridized carbons (Fsp3) is 0.467. The Morgan fingerprint density at radius 1 is 1.40 bits per heavy atom. The van der Waals surface area contributed by atoms with Gasteiger partial charge in [0.1, 0.15) is 11.4 Å². The summed E-state index contributed by atoms with van der Waals surface area (Å²) in [7, 11) is 3.62. The van der Waals surface area contributed by atoms with Gasteiger partial charge in [-0.1, -0.05) is 13.8 Å². The van der Waals surface area contributed by atoms with Crippen molar-refractivity contribution in [2.45, 2.75) is 26.3 Å². The van der Waals surface area contributed by atoms with Crippen molar-refractivity contribution in [1.29, 1.82) is 0 Å². The Morgan fingerprint density at radius 2 is 2.20 bits per heavy atom. The first kappa shape index (κ1) is 14.5. The van der Waals surface area contributed by atoms with Crippen LogP contribution in [0.1, 0.15) is 36.8 Å². The number of ether oxygens (including phenoxy) is 1. The normalized spacial score (nSPS) is 12.4. The third kappa shape index (κ3) is 2.82. The van der Waals surface area contributed by atoms with Crippen LogP contribution in [0, 0.1) is 0 Å². The quantitative estimate of drug-likeness (QED) is 0.876. The maximum absolute atomic E-state index is 5.44. The van der Waals surface area contributed by atoms with Crippen LogP contribution in [-0.4, -0.2) is 28.4 Å². The number of rotatable bonds is 6. The predicted octanol–water partition coefficient (Wildman–Crippen LogP) is 2.08. The fourth-order valence-corrected chi connectivity index (χ4v) is 2.42. The molecule has 1 unspecified atom stereocenters. The summed E-state index contributed by atoms with van der Waals surface area (Å²) in [6.07, 6.45) is 4.75. The van der Waals surface area contributed by atoms with Gasteiger partial charge in [0.25, 0.3) is 0 Å². The number of hydrogen-bond acceptors (Lipinski definition) is 4. The highest BCUT2D eigenvalue weighted by Gasteiger charge is 2.23. The van der Waals surface area contributed by atoms with E-state index in [0.717, 1.165) is 35.7 Å². The molecular weight excluding hydrogens is 252 g/mol. The zero-order valence-electron chi connectivity index (χ0n) is 12.6. The van der Waals surface area contributed by atoms with Crippen LogP contribution in [-0.2, 0) is 13.5 Å². The Morgan fingerprint density at radius 3 is 2.85 bits per heavy atom. The lowest BCUT2D eigenvalue weighted by Crippen LogP contribution is -2.24. The molecule has 2 heterocycles. The van der Waals surface area contributed by atoms with Gasteiger partial charge in [-0.3, -0.25) is 9.67 Å². The summed E-state index contributed by atoms with van der Waals surface area (Å²) in [6, 6.07) is 3.82. The van der Waals surface area contributed by atoms with E-state index in [1.54, 1.807) is 13.3 Å². The van der Waals surface area contributed by atoms with Gasteiger partial charge in [-0.25, -0.2) is 0 Å². The number of aryl methyl sites for hydroxylation is 2. The van der Waals surface area contributed by atoms with Crippen molar-refractivity contribution in [2.75, 3.05) is 13.7 Å². The summed E-state index contributed by atoms with van der Waals surface area (Å²) in [5.74, 6) is 0.796. The van der Waals surface area contributed by atoms with Crippen molar-refractivity contribution in [3.63, 3.8) is 0 Å². The van der Waals surface area contributed by atoms with E-state index in [1.165, 1.54) is 0 Å². The van der Waals surface area contributed by atoms with Gasteiger partial charge in [0.2, 0.25) is 0 Å². The van der Waals surface area contributed by atoms with E-state index < -0.39 is 0 Å². The average molecular weight is 274 g/mol. The molecule has 0 radical (unpaired) electrons. The lowest BCUT2D eigenvalue weighted by molar-refractivity contribution is 0.400. The molecule has 1 atom stereocenters. The molecule has 2 aromatic heterocycles. The monoisotopic (exact) mass is 274 g/mol. The molecule has 2 rings (SSSR count). The minimum atomic E-state index is -0.000185. The molecule has 0 bridgehead atoms. The molecule has 0 amide bonds. The van der Waals surface area contributed by atoms with E-state index in [4.69, 9.17) is 4.74 Å². The molecule has 0 saturated heterocycles. The highest BCUT2D eigenvalue weighted by Crippen LogP contribution is 2.29. The standard InChI is InChI=1S/C15H22N4O/c1-5-12-11(10-19(3)18-12)14(16-6-2)15-13(20-4)8-7-9-17-15/h7-10,14,16H,5-6H2,1-4H3. The molecule has 0 aliphatic carbocycles. The molecule has 0 aliphatic rings. The van der Waals surface area contributed by atoms with Crippen molar-refractivity contribution in [1.82, 2.24) is 20.1 Å². The number of hydrogen-bond donors (Lipinski definition) is 1. The van der Waals surface area contributed by atoms with E-state index in [9.17, 15) is 0 Å². The van der Waals surface area contributed by atoms with E-state index in [1.807, 2.05) is 23.9 Å². The molecule has 5 heteroatoms. The topological polar surface area (TPSA) is 52.0 Å². The van der Waals surface area contributed by atoms with E-state index in [-0.39, 0.29) is 6.04 Å². The highest BCUT2D eigenvalue weighted by atomic mass is 16.5. The SMILES string of the molecule is CCNC(c1cn(C)nc1CC)c1ncccc1OC. The molecule has 108 valence electrons. The molecule has 5 nitrogen and oxygen atoms in total. The van der Waals surface area contributed by atoms with Crippen LogP contribution in [0.15, 0.2) is 24.5 Å². The lowest BCUT2D eigenvalue weighted by atomic mass is 10.0. The smallest absolute Gasteiger partial charge is 0.142 e. The van der Waals surface area contributed by atoms with Gasteiger partial charge < -0.3 is 10.1 Å². The molecule has 0 fully saturated rings. The summed E-state index contributed by atoms with van der Waals surface area (Å²) in [6.45, 7) is 5.05. The predicted molar refractivity (Wildman–Crippen MR) is 78.9 cm³/mol. The van der Waals surface area contributed by atoms with Crippen molar-refractivity contribution >= 4 is 0 Å². The van der Waals surface area contributed by atoms with Gasteiger partial charge in [-0.05, 0) is 25.1 Å². The molecular formula is C15H22N4O. The van der Waals surface area contributed by atoms with Crippen LogP contribution in [0.3, 0.4) is 0 Å². The van der Waals surface area contributed by atoms with Crippen LogP contribution in [0.25, 0.3) is 0 Å². The number of pyridine rings is 1. The van der Waals surface area contributed by atoms with Crippen molar-refractivity contribution in [3.8, 4) is 5.75 Å². The maximum atomic E-state index is 5.44. The molecule has 1 N–H and O–H groups in total. The summed E-state index contributed by atoms with van der Waals surface area (Å²) >= 11 is 0. The summed E-state index contributed by atoms with van der Waals surface area (Å²) in [5.41, 5.74) is 3.15. The molecule has 0 spiro atoms. The maximum Gasteiger partial charge on any atom is 0.142 e. The largest absolute Gasteiger partial charge is 0.495 e. The fourth-order valence-electron chi connectivity index (χ4n) is 2.42. The molecule has 0 aliphatic heterocycles. The van der Waals surface area contributed by atoms with Crippen molar-refractivity contribution in [3.05, 3.63) is 41.5 Å². The van der Waals surface area contributed by atoms with Gasteiger partial charge in [0.15, 0.2) is 0 Å². The third-order valence-corrected chi connectivity index (χ3v) is 3.28. The van der Waals surface area contributed by atoms with Crippen LogP contribution >= 0.6 is 0 Å².